The monoisotopic (exact) mass is 487 g/mol. The van der Waals surface area contributed by atoms with Crippen LogP contribution in [0.15, 0.2) is 53.4 Å². The van der Waals surface area contributed by atoms with Crippen LogP contribution in [-0.4, -0.2) is 65.1 Å². The summed E-state index contributed by atoms with van der Waals surface area (Å²) >= 11 is 0. The van der Waals surface area contributed by atoms with Crippen LogP contribution in [0.3, 0.4) is 0 Å². The van der Waals surface area contributed by atoms with Crippen molar-refractivity contribution >= 4 is 21.6 Å². The van der Waals surface area contributed by atoms with Gasteiger partial charge in [0.2, 0.25) is 15.9 Å². The van der Waals surface area contributed by atoms with Crippen LogP contribution in [0.2, 0.25) is 0 Å². The molecule has 0 atom stereocenters. The minimum absolute atomic E-state index is 0.0457. The van der Waals surface area contributed by atoms with Crippen LogP contribution in [0.1, 0.15) is 25.7 Å². The maximum atomic E-state index is 12.9. The van der Waals surface area contributed by atoms with Crippen molar-refractivity contribution in [3.63, 3.8) is 0 Å². The fourth-order valence-corrected chi connectivity index (χ4v) is 6.12. The van der Waals surface area contributed by atoms with E-state index in [1.165, 1.54) is 4.31 Å². The largest absolute Gasteiger partial charge is 0.497 e. The van der Waals surface area contributed by atoms with Gasteiger partial charge >= 0.3 is 0 Å². The molecule has 2 aliphatic rings. The van der Waals surface area contributed by atoms with Crippen LogP contribution in [0, 0.1) is 5.92 Å². The molecule has 2 saturated heterocycles. The minimum atomic E-state index is -3.57. The number of hydrogen-bond acceptors (Lipinski definition) is 6. The fraction of sp³-hybridized carbons (Fsp3) is 0.480. The highest BCUT2D eigenvalue weighted by Gasteiger charge is 2.33. The Morgan fingerprint density at radius 2 is 1.35 bits per heavy atom. The van der Waals surface area contributed by atoms with Crippen LogP contribution < -0.4 is 19.7 Å². The summed E-state index contributed by atoms with van der Waals surface area (Å²) in [5, 5.41) is 3.21. The van der Waals surface area contributed by atoms with E-state index in [0.29, 0.717) is 31.7 Å². The van der Waals surface area contributed by atoms with Crippen molar-refractivity contribution in [1.29, 1.82) is 0 Å². The summed E-state index contributed by atoms with van der Waals surface area (Å²) < 4.78 is 37.7. The number of amides is 1. The smallest absolute Gasteiger partial charge is 0.243 e. The quantitative estimate of drug-likeness (QED) is 0.646. The zero-order valence-corrected chi connectivity index (χ0v) is 20.6. The molecular weight excluding hydrogens is 454 g/mol. The molecule has 0 spiro atoms. The van der Waals surface area contributed by atoms with E-state index < -0.39 is 10.0 Å². The number of nitrogens with zero attached hydrogens (tertiary/aromatic N) is 2. The molecule has 0 unspecified atom stereocenters. The number of methoxy groups -OCH3 is 2. The van der Waals surface area contributed by atoms with E-state index in [1.807, 2.05) is 12.1 Å². The molecule has 2 fully saturated rings. The van der Waals surface area contributed by atoms with Crippen molar-refractivity contribution in [1.82, 2.24) is 9.62 Å². The van der Waals surface area contributed by atoms with Crippen molar-refractivity contribution in [2.45, 2.75) is 36.6 Å². The van der Waals surface area contributed by atoms with Gasteiger partial charge in [0.25, 0.3) is 0 Å². The molecule has 2 aliphatic heterocycles. The van der Waals surface area contributed by atoms with Gasteiger partial charge in [0.05, 0.1) is 19.1 Å². The predicted octanol–water partition coefficient (Wildman–Crippen LogP) is 2.89. The van der Waals surface area contributed by atoms with Crippen LogP contribution in [0.5, 0.6) is 11.5 Å². The van der Waals surface area contributed by atoms with E-state index in [2.05, 4.69) is 22.3 Å². The Bertz CT molecular complexity index is 1060. The second kappa shape index (κ2) is 10.7. The van der Waals surface area contributed by atoms with Gasteiger partial charge in [-0.3, -0.25) is 4.79 Å². The van der Waals surface area contributed by atoms with E-state index in [9.17, 15) is 13.2 Å². The van der Waals surface area contributed by atoms with Gasteiger partial charge in [0.15, 0.2) is 0 Å². The molecule has 9 heteroatoms. The zero-order chi connectivity index (χ0) is 24.1. The summed E-state index contributed by atoms with van der Waals surface area (Å²) in [5.74, 6) is 1.35. The summed E-state index contributed by atoms with van der Waals surface area (Å²) in [5.41, 5.74) is 1.16. The Morgan fingerprint density at radius 3 is 1.88 bits per heavy atom. The molecule has 184 valence electrons. The van der Waals surface area contributed by atoms with E-state index in [4.69, 9.17) is 9.47 Å². The molecule has 4 rings (SSSR count). The highest BCUT2D eigenvalue weighted by molar-refractivity contribution is 7.89. The first-order chi connectivity index (χ1) is 16.4. The van der Waals surface area contributed by atoms with Gasteiger partial charge in [-0.2, -0.15) is 4.31 Å². The molecule has 0 saturated carbocycles. The van der Waals surface area contributed by atoms with Crippen molar-refractivity contribution in [2.24, 2.45) is 5.92 Å². The van der Waals surface area contributed by atoms with Gasteiger partial charge in [0.1, 0.15) is 11.5 Å². The Hall–Kier alpha value is -2.78. The fourth-order valence-electron chi connectivity index (χ4n) is 4.65. The Balaban J connectivity index is 1.24. The molecule has 0 radical (unpaired) electrons. The summed E-state index contributed by atoms with van der Waals surface area (Å²) in [6.07, 6.45) is 2.85. The Kier molecular flexibility index (Phi) is 7.63. The number of hydrogen-bond donors (Lipinski definition) is 1. The molecule has 0 aromatic heterocycles. The highest BCUT2D eigenvalue weighted by Crippen LogP contribution is 2.26. The van der Waals surface area contributed by atoms with E-state index >= 15 is 0 Å². The summed E-state index contributed by atoms with van der Waals surface area (Å²) in [4.78, 5) is 15.4. The topological polar surface area (TPSA) is 88.2 Å². The number of piperidine rings is 2. The number of carbonyl (C=O) groups is 1. The minimum Gasteiger partial charge on any atom is -0.497 e. The first-order valence-corrected chi connectivity index (χ1v) is 13.2. The number of rotatable bonds is 7. The zero-order valence-electron chi connectivity index (χ0n) is 19.8. The number of benzene rings is 2. The lowest BCUT2D eigenvalue weighted by atomic mass is 9.95. The second-order valence-electron chi connectivity index (χ2n) is 8.82. The molecular formula is C25H33N3O5S. The van der Waals surface area contributed by atoms with Crippen LogP contribution in [0.25, 0.3) is 0 Å². The number of nitrogens with one attached hydrogen (secondary N) is 1. The van der Waals surface area contributed by atoms with Gasteiger partial charge in [-0.1, -0.05) is 0 Å². The Labute approximate surface area is 201 Å². The standard InChI is InChI=1S/C25H33N3O5S/c1-32-22-5-3-21(4-6-22)27-15-13-20(14-16-27)26-25(29)19-11-17-28(18-12-19)34(30,31)24-9-7-23(33-2)8-10-24/h3-10,19-20H,11-18H2,1-2H3,(H,26,29). The number of ether oxygens (including phenoxy) is 2. The first kappa shape index (κ1) is 24.3. The summed E-state index contributed by atoms with van der Waals surface area (Å²) in [6, 6.07) is 14.6. The molecule has 2 aromatic rings. The van der Waals surface area contributed by atoms with E-state index in [1.54, 1.807) is 38.5 Å². The third kappa shape index (κ3) is 5.47. The Morgan fingerprint density at radius 1 is 0.824 bits per heavy atom. The number of anilines is 1. The average Bonchev–Trinajstić information content (AvgIpc) is 2.89. The van der Waals surface area contributed by atoms with Gasteiger partial charge < -0.3 is 19.7 Å². The lowest BCUT2D eigenvalue weighted by molar-refractivity contribution is -0.127. The van der Waals surface area contributed by atoms with Crippen molar-refractivity contribution < 1.29 is 22.7 Å². The summed E-state index contributed by atoms with van der Waals surface area (Å²) in [6.45, 7) is 2.47. The van der Waals surface area contributed by atoms with E-state index in [-0.39, 0.29) is 22.8 Å². The molecule has 34 heavy (non-hydrogen) atoms. The van der Waals surface area contributed by atoms with Crippen LogP contribution >= 0.6 is 0 Å². The van der Waals surface area contributed by atoms with Crippen molar-refractivity contribution in [2.75, 3.05) is 45.3 Å². The van der Waals surface area contributed by atoms with Gasteiger partial charge in [-0.25, -0.2) is 8.42 Å². The lowest BCUT2D eigenvalue weighted by Crippen LogP contribution is -2.48. The molecule has 2 heterocycles. The molecule has 8 nitrogen and oxygen atoms in total. The third-order valence-electron chi connectivity index (χ3n) is 6.80. The predicted molar refractivity (Wildman–Crippen MR) is 131 cm³/mol. The normalized spacial score (nSPS) is 18.5. The van der Waals surface area contributed by atoms with Crippen LogP contribution in [-0.2, 0) is 14.8 Å². The summed E-state index contributed by atoms with van der Waals surface area (Å²) in [7, 11) is -0.363. The van der Waals surface area contributed by atoms with Gasteiger partial charge in [-0.15, -0.1) is 0 Å². The number of carbonyl (C=O) groups excluding carboxylic acids is 1. The van der Waals surface area contributed by atoms with E-state index in [0.717, 1.165) is 37.4 Å². The van der Waals surface area contributed by atoms with Crippen molar-refractivity contribution in [3.8, 4) is 11.5 Å². The third-order valence-corrected chi connectivity index (χ3v) is 8.71. The molecule has 1 N–H and O–H groups in total. The maximum Gasteiger partial charge on any atom is 0.243 e. The van der Waals surface area contributed by atoms with Gasteiger partial charge in [-0.05, 0) is 74.2 Å². The SMILES string of the molecule is COc1ccc(N2CCC(NC(=O)C3CCN(S(=O)(=O)c4ccc(OC)cc4)CC3)CC2)cc1. The molecule has 2 aromatic carbocycles. The lowest BCUT2D eigenvalue weighted by Gasteiger charge is -2.35. The maximum absolute atomic E-state index is 12.9. The molecule has 1 amide bonds. The second-order valence-corrected chi connectivity index (χ2v) is 10.8. The van der Waals surface area contributed by atoms with Gasteiger partial charge in [0, 0.05) is 43.8 Å². The van der Waals surface area contributed by atoms with Crippen LogP contribution in [0.4, 0.5) is 5.69 Å². The first-order valence-electron chi connectivity index (χ1n) is 11.7. The average molecular weight is 488 g/mol. The van der Waals surface area contributed by atoms with Crippen molar-refractivity contribution in [3.05, 3.63) is 48.5 Å². The molecule has 0 aliphatic carbocycles. The molecule has 0 bridgehead atoms. The number of sulfonamides is 1. The highest BCUT2D eigenvalue weighted by atomic mass is 32.2.